The number of nitrogens with one attached hydrogen (secondary N) is 2. The lowest BCUT2D eigenvalue weighted by Gasteiger charge is -2.45. The van der Waals surface area contributed by atoms with Gasteiger partial charge in [0.05, 0.1) is 0 Å². The van der Waals surface area contributed by atoms with E-state index in [1.165, 1.54) is 17.5 Å². The number of hydrogen-bond donors (Lipinski definition) is 2. The highest BCUT2D eigenvalue weighted by molar-refractivity contribution is 5.41. The molecule has 3 rings (SSSR count). The predicted molar refractivity (Wildman–Crippen MR) is 82.3 cm³/mol. The molecule has 0 aromatic heterocycles. The first kappa shape index (κ1) is 13.9. The lowest BCUT2D eigenvalue weighted by atomic mass is 9.80. The van der Waals surface area contributed by atoms with Crippen molar-refractivity contribution in [2.75, 3.05) is 19.6 Å². The molecule has 2 heterocycles. The summed E-state index contributed by atoms with van der Waals surface area (Å²) in [5, 5.41) is 7.17. The van der Waals surface area contributed by atoms with Gasteiger partial charge in [0.1, 0.15) is 11.4 Å². The van der Waals surface area contributed by atoms with Crippen molar-refractivity contribution in [3.05, 3.63) is 29.3 Å². The van der Waals surface area contributed by atoms with E-state index in [-0.39, 0.29) is 5.60 Å². The van der Waals surface area contributed by atoms with Gasteiger partial charge in [-0.25, -0.2) is 0 Å². The molecule has 1 aromatic carbocycles. The van der Waals surface area contributed by atoms with E-state index >= 15 is 0 Å². The molecule has 1 spiro atoms. The average Bonchev–Trinajstić information content (AvgIpc) is 2.46. The zero-order valence-corrected chi connectivity index (χ0v) is 12.7. The first-order valence-corrected chi connectivity index (χ1v) is 7.96. The van der Waals surface area contributed by atoms with E-state index in [9.17, 15) is 0 Å². The molecule has 0 bridgehead atoms. The van der Waals surface area contributed by atoms with E-state index < -0.39 is 0 Å². The lowest BCUT2D eigenvalue weighted by Crippen LogP contribution is -2.50. The molecule has 1 saturated heterocycles. The molecule has 3 heteroatoms. The van der Waals surface area contributed by atoms with Gasteiger partial charge < -0.3 is 15.4 Å². The zero-order chi connectivity index (χ0) is 14.0. The summed E-state index contributed by atoms with van der Waals surface area (Å²) in [5.74, 6) is 1.09. The van der Waals surface area contributed by atoms with Crippen molar-refractivity contribution >= 4 is 0 Å². The molecule has 3 nitrogen and oxygen atoms in total. The smallest absolute Gasteiger partial charge is 0.124 e. The van der Waals surface area contributed by atoms with Crippen LogP contribution in [-0.2, 0) is 0 Å². The van der Waals surface area contributed by atoms with Crippen LogP contribution in [-0.4, -0.2) is 25.2 Å². The highest BCUT2D eigenvalue weighted by atomic mass is 16.5. The van der Waals surface area contributed by atoms with Gasteiger partial charge in [-0.3, -0.25) is 0 Å². The minimum Gasteiger partial charge on any atom is -0.487 e. The maximum absolute atomic E-state index is 6.45. The molecule has 110 valence electrons. The third-order valence-corrected chi connectivity index (χ3v) is 4.60. The molecule has 2 N–H and O–H groups in total. The summed E-state index contributed by atoms with van der Waals surface area (Å²) >= 11 is 0. The van der Waals surface area contributed by atoms with E-state index in [4.69, 9.17) is 4.74 Å². The molecule has 0 saturated carbocycles. The minimum atomic E-state index is 0.0406. The lowest BCUT2D eigenvalue weighted by molar-refractivity contribution is 0.00319. The maximum atomic E-state index is 6.45. The third kappa shape index (κ3) is 2.70. The Hall–Kier alpha value is -1.06. The standard InChI is InChI=1S/C17H26N2O/c1-3-8-19-15-12-17(6-9-18-10-7-17)20-16-5-4-13(2)11-14(15)16/h4-5,11,15,18-19H,3,6-10,12H2,1-2H3. The van der Waals surface area contributed by atoms with Gasteiger partial charge in [-0.2, -0.15) is 0 Å². The van der Waals surface area contributed by atoms with Crippen LogP contribution in [0.4, 0.5) is 0 Å². The van der Waals surface area contributed by atoms with Gasteiger partial charge in [0.15, 0.2) is 0 Å². The fraction of sp³-hybridized carbons (Fsp3) is 0.647. The Kier molecular flexibility index (Phi) is 3.99. The molecule has 0 amide bonds. The van der Waals surface area contributed by atoms with Crippen LogP contribution in [0.2, 0.25) is 0 Å². The van der Waals surface area contributed by atoms with Crippen LogP contribution in [0.1, 0.15) is 49.8 Å². The van der Waals surface area contributed by atoms with Gasteiger partial charge in [0.25, 0.3) is 0 Å². The molecule has 1 unspecified atom stereocenters. The van der Waals surface area contributed by atoms with Crippen LogP contribution in [0.5, 0.6) is 5.75 Å². The van der Waals surface area contributed by atoms with Crippen LogP contribution in [0, 0.1) is 6.92 Å². The second kappa shape index (κ2) is 5.74. The molecular weight excluding hydrogens is 248 g/mol. The number of fused-ring (bicyclic) bond motifs is 1. The van der Waals surface area contributed by atoms with Crippen LogP contribution in [0.15, 0.2) is 18.2 Å². The fourth-order valence-electron chi connectivity index (χ4n) is 3.48. The molecule has 2 aliphatic heterocycles. The Morgan fingerprint density at radius 3 is 2.90 bits per heavy atom. The van der Waals surface area contributed by atoms with E-state index in [1.807, 2.05) is 0 Å². The Balaban J connectivity index is 1.90. The first-order valence-electron chi connectivity index (χ1n) is 7.96. The molecule has 1 aromatic rings. The number of hydrogen-bond acceptors (Lipinski definition) is 3. The Morgan fingerprint density at radius 2 is 2.15 bits per heavy atom. The molecule has 2 aliphatic rings. The van der Waals surface area contributed by atoms with Crippen molar-refractivity contribution in [1.29, 1.82) is 0 Å². The highest BCUT2D eigenvalue weighted by Gasteiger charge is 2.41. The Bertz CT molecular complexity index is 466. The summed E-state index contributed by atoms with van der Waals surface area (Å²) in [4.78, 5) is 0. The summed E-state index contributed by atoms with van der Waals surface area (Å²) in [5.41, 5.74) is 2.71. The van der Waals surface area contributed by atoms with Crippen LogP contribution in [0.3, 0.4) is 0 Å². The summed E-state index contributed by atoms with van der Waals surface area (Å²) in [7, 11) is 0. The summed E-state index contributed by atoms with van der Waals surface area (Å²) in [6, 6.07) is 7.05. The summed E-state index contributed by atoms with van der Waals surface area (Å²) in [6.07, 6.45) is 4.51. The van der Waals surface area contributed by atoms with Crippen LogP contribution < -0.4 is 15.4 Å². The zero-order valence-electron chi connectivity index (χ0n) is 12.7. The average molecular weight is 274 g/mol. The number of aryl methyl sites for hydroxylation is 1. The van der Waals surface area contributed by atoms with Gasteiger partial charge in [-0.15, -0.1) is 0 Å². The van der Waals surface area contributed by atoms with Gasteiger partial charge in [-0.1, -0.05) is 24.6 Å². The largest absolute Gasteiger partial charge is 0.487 e. The number of piperidine rings is 1. The monoisotopic (exact) mass is 274 g/mol. The Morgan fingerprint density at radius 1 is 1.35 bits per heavy atom. The molecular formula is C17H26N2O. The highest BCUT2D eigenvalue weighted by Crippen LogP contribution is 2.43. The van der Waals surface area contributed by atoms with Crippen molar-refractivity contribution in [2.45, 2.75) is 51.2 Å². The van der Waals surface area contributed by atoms with Gasteiger partial charge in [0, 0.05) is 18.0 Å². The van der Waals surface area contributed by atoms with Gasteiger partial charge >= 0.3 is 0 Å². The number of benzene rings is 1. The molecule has 1 atom stereocenters. The van der Waals surface area contributed by atoms with Crippen LogP contribution in [0.25, 0.3) is 0 Å². The van der Waals surface area contributed by atoms with Crippen molar-refractivity contribution in [2.24, 2.45) is 0 Å². The van der Waals surface area contributed by atoms with Crippen molar-refractivity contribution < 1.29 is 4.74 Å². The maximum Gasteiger partial charge on any atom is 0.124 e. The van der Waals surface area contributed by atoms with Crippen molar-refractivity contribution in [3.63, 3.8) is 0 Å². The topological polar surface area (TPSA) is 33.3 Å². The quantitative estimate of drug-likeness (QED) is 0.889. The SMILES string of the molecule is CCCNC1CC2(CCNCC2)Oc2ccc(C)cc21. The third-order valence-electron chi connectivity index (χ3n) is 4.60. The number of rotatable bonds is 3. The second-order valence-corrected chi connectivity index (χ2v) is 6.29. The van der Waals surface area contributed by atoms with E-state index in [0.717, 1.165) is 44.6 Å². The minimum absolute atomic E-state index is 0.0406. The van der Waals surface area contributed by atoms with E-state index in [0.29, 0.717) is 6.04 Å². The normalized spacial score (nSPS) is 24.2. The molecule has 0 radical (unpaired) electrons. The number of ether oxygens (including phenoxy) is 1. The van der Waals surface area contributed by atoms with Gasteiger partial charge in [-0.05, 0) is 51.9 Å². The first-order chi connectivity index (χ1) is 9.72. The summed E-state index contributed by atoms with van der Waals surface area (Å²) < 4.78 is 6.45. The van der Waals surface area contributed by atoms with E-state index in [1.54, 1.807) is 0 Å². The Labute approximate surface area is 122 Å². The van der Waals surface area contributed by atoms with E-state index in [2.05, 4.69) is 42.7 Å². The van der Waals surface area contributed by atoms with Gasteiger partial charge in [0.2, 0.25) is 0 Å². The summed E-state index contributed by atoms with van der Waals surface area (Å²) in [6.45, 7) is 7.60. The second-order valence-electron chi connectivity index (χ2n) is 6.29. The predicted octanol–water partition coefficient (Wildman–Crippen LogP) is 2.94. The van der Waals surface area contributed by atoms with Crippen LogP contribution >= 0.6 is 0 Å². The van der Waals surface area contributed by atoms with Crippen molar-refractivity contribution in [3.8, 4) is 5.75 Å². The fourth-order valence-corrected chi connectivity index (χ4v) is 3.48. The van der Waals surface area contributed by atoms with Crippen molar-refractivity contribution in [1.82, 2.24) is 10.6 Å². The molecule has 0 aliphatic carbocycles. The molecule has 20 heavy (non-hydrogen) atoms. The molecule has 1 fully saturated rings.